The summed E-state index contributed by atoms with van der Waals surface area (Å²) in [6, 6.07) is 4.94. The first-order valence-electron chi connectivity index (χ1n) is 5.25. The van der Waals surface area contributed by atoms with E-state index in [1.54, 1.807) is 32.2 Å². The molecule has 2 N–H and O–H groups in total. The van der Waals surface area contributed by atoms with E-state index in [0.717, 1.165) is 5.56 Å². The average molecular weight is 321 g/mol. The van der Waals surface area contributed by atoms with Crippen LogP contribution in [0.15, 0.2) is 27.6 Å². The maximum atomic E-state index is 12.3. The Morgan fingerprint density at radius 1 is 1.47 bits per heavy atom. The smallest absolute Gasteiger partial charge is 0.244 e. The molecule has 0 aliphatic rings. The van der Waals surface area contributed by atoms with Crippen molar-refractivity contribution in [3.05, 3.63) is 28.2 Å². The largest absolute Gasteiger partial charge is 0.329 e. The summed E-state index contributed by atoms with van der Waals surface area (Å²) in [6.45, 7) is 3.98. The molecule has 0 aromatic heterocycles. The molecule has 1 rings (SSSR count). The lowest BCUT2D eigenvalue weighted by Gasteiger charge is -2.23. The van der Waals surface area contributed by atoms with E-state index in [9.17, 15) is 8.42 Å². The Hall–Kier alpha value is -0.430. The molecule has 0 amide bonds. The second kappa shape index (κ2) is 5.48. The fourth-order valence-corrected chi connectivity index (χ4v) is 3.88. The standard InChI is InChI=1S/C11H17BrN2O2S/c1-8-4-5-11(10(12)6-8)17(15,16)14(3)9(2)7-13/h4-6,9H,7,13H2,1-3H3. The van der Waals surface area contributed by atoms with Crippen LogP contribution in [0.25, 0.3) is 0 Å². The third-order valence-electron chi connectivity index (χ3n) is 2.71. The molecule has 6 heteroatoms. The summed E-state index contributed by atoms with van der Waals surface area (Å²) in [5.41, 5.74) is 6.50. The van der Waals surface area contributed by atoms with Gasteiger partial charge in [-0.05, 0) is 47.5 Å². The molecule has 0 aliphatic heterocycles. The van der Waals surface area contributed by atoms with E-state index in [0.29, 0.717) is 11.0 Å². The van der Waals surface area contributed by atoms with Gasteiger partial charge in [0.1, 0.15) is 0 Å². The zero-order chi connectivity index (χ0) is 13.2. The molecular weight excluding hydrogens is 304 g/mol. The van der Waals surface area contributed by atoms with Gasteiger partial charge in [-0.15, -0.1) is 0 Å². The Balaban J connectivity index is 3.22. The van der Waals surface area contributed by atoms with Gasteiger partial charge < -0.3 is 5.73 Å². The number of hydrogen-bond donors (Lipinski definition) is 1. The van der Waals surface area contributed by atoms with Gasteiger partial charge in [0.15, 0.2) is 0 Å². The lowest BCUT2D eigenvalue weighted by molar-refractivity contribution is 0.394. The van der Waals surface area contributed by atoms with Crippen molar-refractivity contribution in [2.75, 3.05) is 13.6 Å². The van der Waals surface area contributed by atoms with Crippen LogP contribution in [0.5, 0.6) is 0 Å². The molecule has 1 aromatic rings. The number of benzene rings is 1. The van der Waals surface area contributed by atoms with Crippen LogP contribution in [-0.2, 0) is 10.0 Å². The Labute approximate surface area is 111 Å². The Bertz CT molecular complexity index is 502. The molecular formula is C11H17BrN2O2S. The Morgan fingerprint density at radius 2 is 2.06 bits per heavy atom. The molecule has 1 atom stereocenters. The molecule has 0 aliphatic carbocycles. The molecule has 0 radical (unpaired) electrons. The lowest BCUT2D eigenvalue weighted by atomic mass is 10.2. The van der Waals surface area contributed by atoms with Gasteiger partial charge in [-0.25, -0.2) is 8.42 Å². The summed E-state index contributed by atoms with van der Waals surface area (Å²) in [6.07, 6.45) is 0. The van der Waals surface area contributed by atoms with Gasteiger partial charge in [-0.2, -0.15) is 4.31 Å². The second-order valence-corrected chi connectivity index (χ2v) is 6.86. The summed E-state index contributed by atoms with van der Waals surface area (Å²) < 4.78 is 26.5. The van der Waals surface area contributed by atoms with E-state index in [1.807, 2.05) is 6.92 Å². The first-order valence-corrected chi connectivity index (χ1v) is 7.48. The van der Waals surface area contributed by atoms with Crippen LogP contribution in [-0.4, -0.2) is 32.4 Å². The molecule has 0 saturated carbocycles. The molecule has 4 nitrogen and oxygen atoms in total. The lowest BCUT2D eigenvalue weighted by Crippen LogP contribution is -2.39. The third kappa shape index (κ3) is 3.07. The minimum Gasteiger partial charge on any atom is -0.329 e. The second-order valence-electron chi connectivity index (χ2n) is 4.04. The average Bonchev–Trinajstić information content (AvgIpc) is 2.26. The predicted octanol–water partition coefficient (Wildman–Crippen LogP) is 1.73. The summed E-state index contributed by atoms with van der Waals surface area (Å²) >= 11 is 3.29. The predicted molar refractivity (Wildman–Crippen MR) is 72.3 cm³/mol. The minimum atomic E-state index is -3.49. The molecule has 0 saturated heterocycles. The molecule has 1 unspecified atom stereocenters. The topological polar surface area (TPSA) is 63.4 Å². The highest BCUT2D eigenvalue weighted by atomic mass is 79.9. The summed E-state index contributed by atoms with van der Waals surface area (Å²) in [5, 5.41) is 0. The van der Waals surface area contributed by atoms with E-state index >= 15 is 0 Å². The van der Waals surface area contributed by atoms with Crippen molar-refractivity contribution < 1.29 is 8.42 Å². The van der Waals surface area contributed by atoms with Gasteiger partial charge in [-0.3, -0.25) is 0 Å². The van der Waals surface area contributed by atoms with E-state index in [1.165, 1.54) is 4.31 Å². The SMILES string of the molecule is Cc1ccc(S(=O)(=O)N(C)C(C)CN)c(Br)c1. The zero-order valence-electron chi connectivity index (χ0n) is 10.1. The third-order valence-corrected chi connectivity index (χ3v) is 5.65. The summed E-state index contributed by atoms with van der Waals surface area (Å²) in [7, 11) is -1.95. The Kier molecular flexibility index (Phi) is 4.71. The normalized spacial score (nSPS) is 14.0. The van der Waals surface area contributed by atoms with Gasteiger partial charge in [0.25, 0.3) is 0 Å². The van der Waals surface area contributed by atoms with Crippen LogP contribution >= 0.6 is 15.9 Å². The number of likely N-dealkylation sites (N-methyl/N-ethyl adjacent to an activating group) is 1. The van der Waals surface area contributed by atoms with Crippen LogP contribution in [0, 0.1) is 6.92 Å². The van der Waals surface area contributed by atoms with Crippen molar-refractivity contribution in [2.45, 2.75) is 24.8 Å². The van der Waals surface area contributed by atoms with Crippen LogP contribution in [0.1, 0.15) is 12.5 Å². The number of hydrogen-bond acceptors (Lipinski definition) is 3. The molecule has 0 heterocycles. The van der Waals surface area contributed by atoms with E-state index < -0.39 is 10.0 Å². The minimum absolute atomic E-state index is 0.229. The first kappa shape index (κ1) is 14.6. The van der Waals surface area contributed by atoms with Gasteiger partial charge in [-0.1, -0.05) is 6.07 Å². The van der Waals surface area contributed by atoms with Gasteiger partial charge in [0, 0.05) is 24.1 Å². The van der Waals surface area contributed by atoms with Gasteiger partial charge in [0.2, 0.25) is 10.0 Å². The van der Waals surface area contributed by atoms with E-state index in [4.69, 9.17) is 5.73 Å². The molecule has 17 heavy (non-hydrogen) atoms. The Morgan fingerprint density at radius 3 is 2.53 bits per heavy atom. The quantitative estimate of drug-likeness (QED) is 0.918. The van der Waals surface area contributed by atoms with Crippen molar-refractivity contribution >= 4 is 26.0 Å². The highest BCUT2D eigenvalue weighted by molar-refractivity contribution is 9.10. The number of rotatable bonds is 4. The number of nitrogens with zero attached hydrogens (tertiary/aromatic N) is 1. The van der Waals surface area contributed by atoms with Crippen molar-refractivity contribution in [2.24, 2.45) is 5.73 Å². The van der Waals surface area contributed by atoms with Gasteiger partial charge >= 0.3 is 0 Å². The van der Waals surface area contributed by atoms with Crippen LogP contribution in [0.2, 0.25) is 0 Å². The molecule has 0 spiro atoms. The van der Waals surface area contributed by atoms with Crippen LogP contribution < -0.4 is 5.73 Å². The monoisotopic (exact) mass is 320 g/mol. The fraction of sp³-hybridized carbons (Fsp3) is 0.455. The number of nitrogens with two attached hydrogens (primary N) is 1. The maximum Gasteiger partial charge on any atom is 0.244 e. The highest BCUT2D eigenvalue weighted by Crippen LogP contribution is 2.26. The van der Waals surface area contributed by atoms with Crippen molar-refractivity contribution in [1.29, 1.82) is 0 Å². The molecule has 96 valence electrons. The van der Waals surface area contributed by atoms with Crippen molar-refractivity contribution in [1.82, 2.24) is 4.31 Å². The number of sulfonamides is 1. The zero-order valence-corrected chi connectivity index (χ0v) is 12.5. The first-order chi connectivity index (χ1) is 7.80. The van der Waals surface area contributed by atoms with Crippen LogP contribution in [0.3, 0.4) is 0 Å². The number of aryl methyl sites for hydroxylation is 1. The van der Waals surface area contributed by atoms with Gasteiger partial charge in [0.05, 0.1) is 4.90 Å². The van der Waals surface area contributed by atoms with Crippen LogP contribution in [0.4, 0.5) is 0 Å². The molecule has 0 bridgehead atoms. The van der Waals surface area contributed by atoms with E-state index in [2.05, 4.69) is 15.9 Å². The van der Waals surface area contributed by atoms with Crippen molar-refractivity contribution in [3.63, 3.8) is 0 Å². The summed E-state index contributed by atoms with van der Waals surface area (Å²) in [5.74, 6) is 0. The highest BCUT2D eigenvalue weighted by Gasteiger charge is 2.26. The molecule has 0 fully saturated rings. The number of halogens is 1. The van der Waals surface area contributed by atoms with E-state index in [-0.39, 0.29) is 10.9 Å². The maximum absolute atomic E-state index is 12.3. The summed E-state index contributed by atoms with van der Waals surface area (Å²) in [4.78, 5) is 0.269. The molecule has 1 aromatic carbocycles. The van der Waals surface area contributed by atoms with Crippen molar-refractivity contribution in [3.8, 4) is 0 Å². The fourth-order valence-electron chi connectivity index (χ4n) is 1.36.